The number of carbonyl (C=O) groups is 2. The van der Waals surface area contributed by atoms with Crippen LogP contribution in [0.4, 0.5) is 5.82 Å². The van der Waals surface area contributed by atoms with Gasteiger partial charge in [0.1, 0.15) is 5.76 Å². The van der Waals surface area contributed by atoms with E-state index in [0.29, 0.717) is 17.4 Å². The topological polar surface area (TPSA) is 120 Å². The predicted molar refractivity (Wildman–Crippen MR) is 106 cm³/mol. The number of amides is 1. The lowest BCUT2D eigenvalue weighted by Crippen LogP contribution is -2.16. The zero-order valence-corrected chi connectivity index (χ0v) is 16.8. The maximum Gasteiger partial charge on any atom is 0.316 e. The molecule has 1 aromatic carbocycles. The summed E-state index contributed by atoms with van der Waals surface area (Å²) < 4.78 is 15.1. The molecule has 3 aromatic rings. The molecule has 10 heteroatoms. The minimum Gasteiger partial charge on any atom is -0.455 e. The van der Waals surface area contributed by atoms with E-state index < -0.39 is 5.97 Å². The fourth-order valence-corrected chi connectivity index (χ4v) is 2.95. The molecule has 0 bridgehead atoms. The first-order valence-electron chi connectivity index (χ1n) is 8.92. The second-order valence-electron chi connectivity index (χ2n) is 6.09. The first-order valence-corrected chi connectivity index (χ1v) is 10.1. The van der Waals surface area contributed by atoms with Gasteiger partial charge in [0, 0.05) is 11.6 Å². The number of hydrogen-bond acceptors (Lipinski definition) is 9. The van der Waals surface area contributed by atoms with Gasteiger partial charge in [0.05, 0.1) is 11.5 Å². The molecule has 0 aliphatic carbocycles. The molecule has 1 N–H and O–H groups in total. The van der Waals surface area contributed by atoms with Crippen molar-refractivity contribution in [1.82, 2.24) is 15.3 Å². The smallest absolute Gasteiger partial charge is 0.316 e. The van der Waals surface area contributed by atoms with Crippen LogP contribution in [0, 0.1) is 6.92 Å². The molecule has 29 heavy (non-hydrogen) atoms. The molecule has 0 saturated heterocycles. The summed E-state index contributed by atoms with van der Waals surface area (Å²) in [4.78, 5) is 27.8. The number of aryl methyl sites for hydroxylation is 2. The summed E-state index contributed by atoms with van der Waals surface area (Å²) in [5.41, 5.74) is 2.04. The number of nitrogens with zero attached hydrogens (tertiary/aromatic N) is 3. The third-order valence-electron chi connectivity index (χ3n) is 3.79. The highest BCUT2D eigenvalue weighted by atomic mass is 32.2. The summed E-state index contributed by atoms with van der Waals surface area (Å²) in [6.45, 7) is 3.68. The highest BCUT2D eigenvalue weighted by Crippen LogP contribution is 2.17. The Hall–Kier alpha value is -3.14. The van der Waals surface area contributed by atoms with Gasteiger partial charge in [-0.3, -0.25) is 9.59 Å². The zero-order chi connectivity index (χ0) is 20.6. The van der Waals surface area contributed by atoms with E-state index in [1.165, 1.54) is 5.56 Å². The predicted octanol–water partition coefficient (Wildman–Crippen LogP) is 3.01. The molecule has 9 nitrogen and oxygen atoms in total. The van der Waals surface area contributed by atoms with Gasteiger partial charge in [-0.1, -0.05) is 41.5 Å². The first-order chi connectivity index (χ1) is 14.0. The number of hydrogen-bond donors (Lipinski definition) is 1. The SMILES string of the molecule is CCc1ccc(-c2noc(COC(=O)CSCC(=O)Nc3cc(C)on3)n2)cc1. The van der Waals surface area contributed by atoms with Gasteiger partial charge in [-0.05, 0) is 18.9 Å². The van der Waals surface area contributed by atoms with E-state index in [9.17, 15) is 9.59 Å². The van der Waals surface area contributed by atoms with Crippen LogP contribution in [0.5, 0.6) is 0 Å². The molecule has 152 valence electrons. The zero-order valence-electron chi connectivity index (χ0n) is 16.0. The lowest BCUT2D eigenvalue weighted by atomic mass is 10.1. The summed E-state index contributed by atoms with van der Waals surface area (Å²) in [5, 5.41) is 10.1. The highest BCUT2D eigenvalue weighted by molar-refractivity contribution is 8.00. The van der Waals surface area contributed by atoms with Gasteiger partial charge >= 0.3 is 5.97 Å². The Balaban J connectivity index is 1.38. The normalized spacial score (nSPS) is 10.7. The van der Waals surface area contributed by atoms with E-state index in [1.807, 2.05) is 24.3 Å². The maximum absolute atomic E-state index is 11.8. The molecule has 0 saturated carbocycles. The van der Waals surface area contributed by atoms with Gasteiger partial charge in [-0.2, -0.15) is 4.98 Å². The fraction of sp³-hybridized carbons (Fsp3) is 0.316. The molecular formula is C19H20N4O5S. The molecule has 0 unspecified atom stereocenters. The summed E-state index contributed by atoms with van der Waals surface area (Å²) >= 11 is 1.12. The maximum atomic E-state index is 11.8. The summed E-state index contributed by atoms with van der Waals surface area (Å²) in [5.74, 6) is 0.916. The summed E-state index contributed by atoms with van der Waals surface area (Å²) in [6, 6.07) is 9.45. The average Bonchev–Trinajstić information content (AvgIpc) is 3.35. The molecule has 2 heterocycles. The number of nitrogens with one attached hydrogen (secondary N) is 1. The second kappa shape index (κ2) is 9.87. The second-order valence-corrected chi connectivity index (χ2v) is 7.07. The van der Waals surface area contributed by atoms with Gasteiger partial charge in [-0.25, -0.2) is 0 Å². The molecule has 0 radical (unpaired) electrons. The number of aromatic nitrogens is 3. The Labute approximate surface area is 171 Å². The molecule has 0 fully saturated rings. The van der Waals surface area contributed by atoms with Crippen LogP contribution in [0.1, 0.15) is 24.1 Å². The van der Waals surface area contributed by atoms with Crippen molar-refractivity contribution >= 4 is 29.5 Å². The number of rotatable bonds is 9. The van der Waals surface area contributed by atoms with E-state index >= 15 is 0 Å². The summed E-state index contributed by atoms with van der Waals surface area (Å²) in [7, 11) is 0. The molecule has 0 aliphatic rings. The van der Waals surface area contributed by atoms with Crippen LogP contribution in [0.3, 0.4) is 0 Å². The van der Waals surface area contributed by atoms with E-state index in [-0.39, 0.29) is 29.9 Å². The minimum atomic E-state index is -0.480. The van der Waals surface area contributed by atoms with Crippen LogP contribution in [0.25, 0.3) is 11.4 Å². The third kappa shape index (κ3) is 6.18. The van der Waals surface area contributed by atoms with Gasteiger partial charge in [0.2, 0.25) is 11.7 Å². The Morgan fingerprint density at radius 1 is 1.14 bits per heavy atom. The average molecular weight is 416 g/mol. The van der Waals surface area contributed by atoms with Crippen molar-refractivity contribution in [3.63, 3.8) is 0 Å². The van der Waals surface area contributed by atoms with Crippen LogP contribution in [0.2, 0.25) is 0 Å². The molecule has 0 aliphatic heterocycles. The Morgan fingerprint density at radius 2 is 1.93 bits per heavy atom. The number of benzene rings is 1. The van der Waals surface area contributed by atoms with Crippen LogP contribution < -0.4 is 5.32 Å². The van der Waals surface area contributed by atoms with E-state index in [4.69, 9.17) is 13.8 Å². The van der Waals surface area contributed by atoms with Gasteiger partial charge in [-0.15, -0.1) is 11.8 Å². The molecule has 3 rings (SSSR count). The highest BCUT2D eigenvalue weighted by Gasteiger charge is 2.12. The molecular weight excluding hydrogens is 396 g/mol. The van der Waals surface area contributed by atoms with Crippen LogP contribution in [-0.4, -0.2) is 38.7 Å². The van der Waals surface area contributed by atoms with Crippen LogP contribution in [0.15, 0.2) is 39.4 Å². The first kappa shape index (κ1) is 20.6. The number of ether oxygens (including phenoxy) is 1. The van der Waals surface area contributed by atoms with Crippen molar-refractivity contribution in [3.05, 3.63) is 47.5 Å². The largest absolute Gasteiger partial charge is 0.455 e. The van der Waals surface area contributed by atoms with Gasteiger partial charge < -0.3 is 19.1 Å². The van der Waals surface area contributed by atoms with Crippen molar-refractivity contribution in [1.29, 1.82) is 0 Å². The lowest BCUT2D eigenvalue weighted by Gasteiger charge is -2.02. The Morgan fingerprint density at radius 3 is 2.62 bits per heavy atom. The van der Waals surface area contributed by atoms with E-state index in [1.54, 1.807) is 13.0 Å². The fourth-order valence-electron chi connectivity index (χ4n) is 2.34. The van der Waals surface area contributed by atoms with Crippen molar-refractivity contribution in [2.24, 2.45) is 0 Å². The monoisotopic (exact) mass is 416 g/mol. The number of thioether (sulfide) groups is 1. The number of carbonyl (C=O) groups excluding carboxylic acids is 2. The van der Waals surface area contributed by atoms with Crippen molar-refractivity contribution < 1.29 is 23.4 Å². The van der Waals surface area contributed by atoms with Gasteiger partial charge in [0.25, 0.3) is 5.89 Å². The van der Waals surface area contributed by atoms with Crippen molar-refractivity contribution in [2.45, 2.75) is 26.9 Å². The van der Waals surface area contributed by atoms with E-state index in [0.717, 1.165) is 23.7 Å². The Kier molecular flexibility index (Phi) is 7.01. The molecule has 2 aromatic heterocycles. The Bertz CT molecular complexity index is 967. The van der Waals surface area contributed by atoms with Crippen molar-refractivity contribution in [3.8, 4) is 11.4 Å². The van der Waals surface area contributed by atoms with Crippen LogP contribution in [-0.2, 0) is 27.4 Å². The quantitative estimate of drug-likeness (QED) is 0.525. The number of anilines is 1. The van der Waals surface area contributed by atoms with Crippen LogP contribution >= 0.6 is 11.8 Å². The standard InChI is InChI=1S/C19H20N4O5S/c1-3-13-4-6-14(7-5-13)19-21-17(28-23-19)9-26-18(25)11-29-10-16(24)20-15-8-12(2)27-22-15/h4-8H,3,9-11H2,1-2H3,(H,20,22,24). The van der Waals surface area contributed by atoms with E-state index in [2.05, 4.69) is 27.5 Å². The number of esters is 1. The van der Waals surface area contributed by atoms with Gasteiger partial charge in [0.15, 0.2) is 12.4 Å². The molecule has 0 atom stereocenters. The summed E-state index contributed by atoms with van der Waals surface area (Å²) in [6.07, 6.45) is 0.952. The molecule has 0 spiro atoms. The van der Waals surface area contributed by atoms with Crippen molar-refractivity contribution in [2.75, 3.05) is 16.8 Å². The molecule has 1 amide bonds. The minimum absolute atomic E-state index is 0.0186. The third-order valence-corrected chi connectivity index (χ3v) is 4.70. The lowest BCUT2D eigenvalue weighted by molar-refractivity contribution is -0.142.